The quantitative estimate of drug-likeness (QED) is 0.232. The van der Waals surface area contributed by atoms with Crippen molar-refractivity contribution >= 4 is 52.1 Å². The maximum atomic E-state index is 12.6. The van der Waals surface area contributed by atoms with E-state index >= 15 is 0 Å². The van der Waals surface area contributed by atoms with Gasteiger partial charge in [0.05, 0.1) is 15.6 Å². The molecule has 0 fully saturated rings. The molecule has 0 aliphatic rings. The minimum atomic E-state index is -1.18. The number of hydrogen-bond donors (Lipinski definition) is 3. The van der Waals surface area contributed by atoms with E-state index in [1.807, 2.05) is 30.3 Å². The molecule has 9 nitrogen and oxygen atoms in total. The number of carbonyl (C=O) groups is 2. The van der Waals surface area contributed by atoms with Crippen molar-refractivity contribution in [1.82, 2.24) is 4.98 Å². The normalized spacial score (nSPS) is 11.7. The predicted molar refractivity (Wildman–Crippen MR) is 152 cm³/mol. The zero-order valence-corrected chi connectivity index (χ0v) is 22.3. The first-order valence-corrected chi connectivity index (χ1v) is 12.7. The maximum absolute atomic E-state index is 12.6. The van der Waals surface area contributed by atoms with Gasteiger partial charge in [0.15, 0.2) is 0 Å². The van der Waals surface area contributed by atoms with Crippen molar-refractivity contribution in [2.45, 2.75) is 18.9 Å². The highest BCUT2D eigenvalue weighted by molar-refractivity contribution is 6.40. The van der Waals surface area contributed by atoms with E-state index in [4.69, 9.17) is 23.2 Å². The van der Waals surface area contributed by atoms with Crippen molar-refractivity contribution in [3.63, 3.8) is 0 Å². The molecule has 1 atom stereocenters. The second kappa shape index (κ2) is 12.1. The van der Waals surface area contributed by atoms with Crippen LogP contribution in [0, 0.1) is 0 Å². The maximum Gasteiger partial charge on any atom is 0.326 e. The molecule has 200 valence electrons. The molecule has 0 aliphatic heterocycles. The van der Waals surface area contributed by atoms with Crippen LogP contribution in [0.15, 0.2) is 76.6 Å². The molecular formula is C28H24Cl2N4O5. The molecule has 0 bridgehead atoms. The molecule has 1 amide bonds. The average molecular weight is 567 g/mol. The topological polar surface area (TPSA) is 129 Å². The Kier molecular flexibility index (Phi) is 8.63. The van der Waals surface area contributed by atoms with Crippen LogP contribution in [0.4, 0.5) is 17.1 Å². The van der Waals surface area contributed by atoms with E-state index in [0.717, 1.165) is 5.56 Å². The lowest BCUT2D eigenvalue weighted by atomic mass is 10.0. The number of rotatable bonds is 11. The Balaban J connectivity index is 1.42. The summed E-state index contributed by atoms with van der Waals surface area (Å²) < 4.78 is 0. The average Bonchev–Trinajstić information content (AvgIpc) is 2.92. The third kappa shape index (κ3) is 6.45. The van der Waals surface area contributed by atoms with Crippen molar-refractivity contribution in [3.05, 3.63) is 114 Å². The smallest absolute Gasteiger partial charge is 0.326 e. The van der Waals surface area contributed by atoms with E-state index in [-0.39, 0.29) is 33.4 Å². The number of pyridine rings is 1. The highest BCUT2D eigenvalue weighted by Gasteiger charge is 2.28. The zero-order chi connectivity index (χ0) is 28.1. The van der Waals surface area contributed by atoms with E-state index in [0.29, 0.717) is 24.2 Å². The Morgan fingerprint density at radius 3 is 2.21 bits per heavy atom. The number of anilines is 3. The summed E-state index contributed by atoms with van der Waals surface area (Å²) in [5, 5.41) is 15.5. The van der Waals surface area contributed by atoms with E-state index in [9.17, 15) is 24.3 Å². The number of likely N-dealkylation sites (N-methyl/N-ethyl adjacent to an activating group) is 1. The van der Waals surface area contributed by atoms with Gasteiger partial charge in [-0.25, -0.2) is 4.79 Å². The number of aliphatic carboxylic acids is 1. The Hall–Kier alpha value is -4.21. The number of nitrogens with zero attached hydrogens (tertiary/aromatic N) is 2. The van der Waals surface area contributed by atoms with Gasteiger partial charge in [0, 0.05) is 38.1 Å². The van der Waals surface area contributed by atoms with Crippen molar-refractivity contribution < 1.29 is 14.7 Å². The van der Waals surface area contributed by atoms with Crippen LogP contribution in [0.1, 0.15) is 21.5 Å². The summed E-state index contributed by atoms with van der Waals surface area (Å²) in [6.07, 6.45) is 3.30. The van der Waals surface area contributed by atoms with Gasteiger partial charge in [0.2, 0.25) is 0 Å². The standard InChI is InChI=1S/C28H24Cl2N4O5/c1-34(12-11-16-5-3-2-4-6-16)24-23(25(35)26(24)36)33-21(28(38)39)13-17-7-9-18(10-8-17)32-27(37)22-19(29)14-31-15-20(22)30/h2-10,14-15,21,33H,11-13H2,1H3,(H,32,37)(H,38,39)/t21-/m0/s1. The predicted octanol–water partition coefficient (Wildman–Crippen LogP) is 4.02. The number of nitrogens with one attached hydrogen (secondary N) is 2. The Morgan fingerprint density at radius 1 is 0.949 bits per heavy atom. The molecule has 1 heterocycles. The molecule has 0 unspecified atom stereocenters. The molecule has 11 heteroatoms. The first-order chi connectivity index (χ1) is 18.7. The summed E-state index contributed by atoms with van der Waals surface area (Å²) in [6.45, 7) is 0.477. The monoisotopic (exact) mass is 566 g/mol. The molecule has 39 heavy (non-hydrogen) atoms. The van der Waals surface area contributed by atoms with Crippen LogP contribution in [0.2, 0.25) is 10.0 Å². The molecule has 0 aliphatic carbocycles. The number of carboxylic acids is 1. The minimum Gasteiger partial charge on any atom is -0.480 e. The Bertz CT molecular complexity index is 1550. The summed E-state index contributed by atoms with van der Waals surface area (Å²) in [7, 11) is 1.69. The van der Waals surface area contributed by atoms with Gasteiger partial charge in [0.25, 0.3) is 16.8 Å². The summed E-state index contributed by atoms with van der Waals surface area (Å²) in [4.78, 5) is 54.7. The van der Waals surface area contributed by atoms with Crippen LogP contribution in [0.5, 0.6) is 0 Å². The number of halogens is 2. The summed E-state index contributed by atoms with van der Waals surface area (Å²) in [6, 6.07) is 15.0. The van der Waals surface area contributed by atoms with Crippen LogP contribution in [0.3, 0.4) is 0 Å². The zero-order valence-electron chi connectivity index (χ0n) is 20.8. The molecule has 1 aromatic heterocycles. The lowest BCUT2D eigenvalue weighted by Crippen LogP contribution is -2.45. The van der Waals surface area contributed by atoms with Crippen LogP contribution < -0.4 is 26.4 Å². The Morgan fingerprint density at radius 2 is 1.59 bits per heavy atom. The number of aromatic nitrogens is 1. The Labute approximate surface area is 233 Å². The second-order valence-corrected chi connectivity index (χ2v) is 9.72. The van der Waals surface area contributed by atoms with Gasteiger partial charge >= 0.3 is 5.97 Å². The molecular weight excluding hydrogens is 543 g/mol. The molecule has 0 saturated heterocycles. The highest BCUT2D eigenvalue weighted by Crippen LogP contribution is 2.25. The van der Waals surface area contributed by atoms with Gasteiger partial charge in [-0.05, 0) is 29.7 Å². The van der Waals surface area contributed by atoms with Gasteiger partial charge in [0.1, 0.15) is 17.4 Å². The van der Waals surface area contributed by atoms with Crippen LogP contribution >= 0.6 is 23.2 Å². The summed E-state index contributed by atoms with van der Waals surface area (Å²) in [5.74, 6) is -1.70. The SMILES string of the molecule is CN(CCc1ccccc1)c1c(N[C@@H](Cc2ccc(NC(=O)c3c(Cl)cncc3Cl)cc2)C(=O)O)c(=O)c1=O. The third-order valence-corrected chi connectivity index (χ3v) is 6.77. The third-order valence-electron chi connectivity index (χ3n) is 6.19. The summed E-state index contributed by atoms with van der Waals surface area (Å²) in [5.41, 5.74) is 1.02. The van der Waals surface area contributed by atoms with Crippen LogP contribution in [-0.4, -0.2) is 41.6 Å². The van der Waals surface area contributed by atoms with Crippen LogP contribution in [0.25, 0.3) is 0 Å². The van der Waals surface area contributed by atoms with Gasteiger partial charge in [-0.1, -0.05) is 65.7 Å². The molecule has 4 rings (SSSR count). The first kappa shape index (κ1) is 27.8. The molecule has 0 radical (unpaired) electrons. The van der Waals surface area contributed by atoms with Crippen molar-refractivity contribution in [2.75, 3.05) is 29.1 Å². The van der Waals surface area contributed by atoms with Crippen molar-refractivity contribution in [1.29, 1.82) is 0 Å². The van der Waals surface area contributed by atoms with Gasteiger partial charge in [-0.2, -0.15) is 0 Å². The first-order valence-electron chi connectivity index (χ1n) is 11.9. The van der Waals surface area contributed by atoms with Crippen molar-refractivity contribution in [2.24, 2.45) is 0 Å². The highest BCUT2D eigenvalue weighted by atomic mass is 35.5. The van der Waals surface area contributed by atoms with Gasteiger partial charge in [-0.3, -0.25) is 19.4 Å². The lowest BCUT2D eigenvalue weighted by Gasteiger charge is -2.25. The fourth-order valence-electron chi connectivity index (χ4n) is 4.09. The van der Waals surface area contributed by atoms with Gasteiger partial charge < -0.3 is 20.6 Å². The molecule has 3 aromatic carbocycles. The summed E-state index contributed by atoms with van der Waals surface area (Å²) >= 11 is 12.1. The second-order valence-electron chi connectivity index (χ2n) is 8.91. The molecule has 3 N–H and O–H groups in total. The van der Waals surface area contributed by atoms with E-state index in [2.05, 4.69) is 15.6 Å². The fraction of sp³-hybridized carbons (Fsp3) is 0.179. The molecule has 0 spiro atoms. The molecule has 0 saturated carbocycles. The van der Waals surface area contributed by atoms with E-state index in [1.54, 1.807) is 36.2 Å². The van der Waals surface area contributed by atoms with Crippen LogP contribution in [-0.2, 0) is 17.6 Å². The van der Waals surface area contributed by atoms with Gasteiger partial charge in [-0.15, -0.1) is 0 Å². The lowest BCUT2D eigenvalue weighted by molar-refractivity contribution is -0.137. The number of benzene rings is 2. The van der Waals surface area contributed by atoms with E-state index in [1.165, 1.54) is 12.4 Å². The molecule has 4 aromatic rings. The van der Waals surface area contributed by atoms with Crippen molar-refractivity contribution in [3.8, 4) is 0 Å². The number of hydrogen-bond acceptors (Lipinski definition) is 7. The van der Waals surface area contributed by atoms with E-state index < -0.39 is 28.8 Å². The fourth-order valence-corrected chi connectivity index (χ4v) is 4.62. The number of carbonyl (C=O) groups excluding carboxylic acids is 1. The minimum absolute atomic E-state index is 0.00189. The number of carboxylic acid groups (broad SMARTS) is 1. The largest absolute Gasteiger partial charge is 0.480 e. The number of amides is 1.